The van der Waals surface area contributed by atoms with Gasteiger partial charge in [-0.05, 0) is 54.4 Å². The molecule has 148 valence electrons. The summed E-state index contributed by atoms with van der Waals surface area (Å²) in [5, 5.41) is 4.19. The summed E-state index contributed by atoms with van der Waals surface area (Å²) in [5.41, 5.74) is 2.46. The molecule has 1 N–H and O–H groups in total. The van der Waals surface area contributed by atoms with E-state index >= 15 is 0 Å². The van der Waals surface area contributed by atoms with Gasteiger partial charge < -0.3 is 9.47 Å². The van der Waals surface area contributed by atoms with Crippen LogP contribution in [0.15, 0.2) is 65.8 Å². The summed E-state index contributed by atoms with van der Waals surface area (Å²) in [6, 6.07) is 14.2. The Morgan fingerprint density at radius 2 is 1.96 bits per heavy atom. The predicted octanol–water partition coefficient (Wildman–Crippen LogP) is 2.68. The van der Waals surface area contributed by atoms with Gasteiger partial charge in [0, 0.05) is 26.0 Å². The topological polar surface area (TPSA) is 82.5 Å². The van der Waals surface area contributed by atoms with Crippen LogP contribution in [0.25, 0.3) is 5.69 Å². The highest BCUT2D eigenvalue weighted by molar-refractivity contribution is 7.89. The Hall–Kier alpha value is -2.68. The summed E-state index contributed by atoms with van der Waals surface area (Å²) in [5.74, 6) is 0.642. The Morgan fingerprint density at radius 3 is 2.68 bits per heavy atom. The second-order valence-corrected chi connectivity index (χ2v) is 7.98. The largest absolute Gasteiger partial charge is 0.491 e. The maximum absolute atomic E-state index is 12.7. The molecule has 0 saturated heterocycles. The van der Waals surface area contributed by atoms with Gasteiger partial charge in [0.1, 0.15) is 12.4 Å². The molecule has 0 radical (unpaired) electrons. The maximum Gasteiger partial charge on any atom is 0.240 e. The minimum absolute atomic E-state index is 0.183. The van der Waals surface area contributed by atoms with E-state index in [4.69, 9.17) is 9.47 Å². The van der Waals surface area contributed by atoms with Crippen LogP contribution in [0.5, 0.6) is 5.75 Å². The molecule has 3 rings (SSSR count). The van der Waals surface area contributed by atoms with Crippen molar-refractivity contribution in [3.63, 3.8) is 0 Å². The number of hydrogen-bond donors (Lipinski definition) is 1. The fraction of sp³-hybridized carbons (Fsp3) is 0.250. The van der Waals surface area contributed by atoms with Crippen LogP contribution in [0.2, 0.25) is 0 Å². The average Bonchev–Trinajstić information content (AvgIpc) is 3.23. The van der Waals surface area contributed by atoms with Gasteiger partial charge in [-0.3, -0.25) is 0 Å². The number of aromatic nitrogens is 2. The Balaban J connectivity index is 1.69. The first-order chi connectivity index (χ1) is 13.5. The van der Waals surface area contributed by atoms with Crippen molar-refractivity contribution in [2.75, 3.05) is 20.3 Å². The molecule has 1 aromatic heterocycles. The SMILES string of the molecule is COCCOc1ccc(S(=O)(=O)NCc2cccc(-n3cccn3)c2)cc1C. The fourth-order valence-electron chi connectivity index (χ4n) is 2.68. The van der Waals surface area contributed by atoms with Crippen molar-refractivity contribution in [3.8, 4) is 11.4 Å². The lowest BCUT2D eigenvalue weighted by Crippen LogP contribution is -2.23. The Bertz CT molecular complexity index is 1020. The average molecular weight is 401 g/mol. The van der Waals surface area contributed by atoms with Crippen LogP contribution in [0.3, 0.4) is 0 Å². The van der Waals surface area contributed by atoms with Crippen LogP contribution < -0.4 is 9.46 Å². The van der Waals surface area contributed by atoms with Crippen LogP contribution in [0, 0.1) is 6.92 Å². The second kappa shape index (κ2) is 9.01. The standard InChI is InChI=1S/C20H23N3O4S/c1-16-13-19(7-8-20(16)27-12-11-26-2)28(24,25)22-15-17-5-3-6-18(14-17)23-10-4-9-21-23/h3-10,13-14,22H,11-12,15H2,1-2H3. The van der Waals surface area contributed by atoms with Gasteiger partial charge in [0.05, 0.1) is 17.2 Å². The number of nitrogens with one attached hydrogen (secondary N) is 1. The maximum atomic E-state index is 12.7. The van der Waals surface area contributed by atoms with Crippen molar-refractivity contribution in [1.82, 2.24) is 14.5 Å². The van der Waals surface area contributed by atoms with E-state index in [1.165, 1.54) is 6.07 Å². The zero-order valence-corrected chi connectivity index (χ0v) is 16.6. The monoisotopic (exact) mass is 401 g/mol. The van der Waals surface area contributed by atoms with Gasteiger partial charge in [0.15, 0.2) is 0 Å². The zero-order valence-electron chi connectivity index (χ0n) is 15.8. The number of sulfonamides is 1. The van der Waals surface area contributed by atoms with Gasteiger partial charge in [-0.2, -0.15) is 5.10 Å². The molecule has 0 atom stereocenters. The molecule has 2 aromatic carbocycles. The van der Waals surface area contributed by atoms with Crippen molar-refractivity contribution in [2.24, 2.45) is 0 Å². The van der Waals surface area contributed by atoms with E-state index in [0.29, 0.717) is 19.0 Å². The molecule has 0 aliphatic rings. The molecule has 8 heteroatoms. The normalized spacial score (nSPS) is 11.5. The van der Waals surface area contributed by atoms with E-state index in [1.807, 2.05) is 43.5 Å². The highest BCUT2D eigenvalue weighted by Gasteiger charge is 2.15. The third-order valence-electron chi connectivity index (χ3n) is 4.15. The Labute approximate surface area is 165 Å². The fourth-order valence-corrected chi connectivity index (χ4v) is 3.78. The molecule has 28 heavy (non-hydrogen) atoms. The van der Waals surface area contributed by atoms with E-state index in [0.717, 1.165) is 16.8 Å². The number of aryl methyl sites for hydroxylation is 1. The third kappa shape index (κ3) is 4.98. The Morgan fingerprint density at radius 1 is 1.11 bits per heavy atom. The first kappa shape index (κ1) is 20.1. The molecule has 0 fully saturated rings. The molecule has 0 aliphatic heterocycles. The van der Waals surface area contributed by atoms with Crippen LogP contribution >= 0.6 is 0 Å². The number of benzene rings is 2. The van der Waals surface area contributed by atoms with Crippen molar-refractivity contribution in [1.29, 1.82) is 0 Å². The molecule has 0 bridgehead atoms. The number of ether oxygens (including phenoxy) is 2. The van der Waals surface area contributed by atoms with E-state index < -0.39 is 10.0 Å². The minimum Gasteiger partial charge on any atom is -0.491 e. The van der Waals surface area contributed by atoms with Gasteiger partial charge in [-0.25, -0.2) is 17.8 Å². The number of methoxy groups -OCH3 is 1. The number of nitrogens with zero attached hydrogens (tertiary/aromatic N) is 2. The second-order valence-electron chi connectivity index (χ2n) is 6.21. The summed E-state index contributed by atoms with van der Waals surface area (Å²) in [6.45, 7) is 2.88. The van der Waals surface area contributed by atoms with Crippen LogP contribution in [-0.4, -0.2) is 38.5 Å². The molecule has 0 amide bonds. The molecule has 1 heterocycles. The molecular weight excluding hydrogens is 378 g/mol. The van der Waals surface area contributed by atoms with E-state index in [9.17, 15) is 8.42 Å². The molecule has 7 nitrogen and oxygen atoms in total. The summed E-state index contributed by atoms with van der Waals surface area (Å²) >= 11 is 0. The van der Waals surface area contributed by atoms with Gasteiger partial charge in [0.2, 0.25) is 10.0 Å². The first-order valence-corrected chi connectivity index (χ1v) is 10.3. The molecule has 0 spiro atoms. The molecule has 0 unspecified atom stereocenters. The highest BCUT2D eigenvalue weighted by Crippen LogP contribution is 2.22. The van der Waals surface area contributed by atoms with Gasteiger partial charge >= 0.3 is 0 Å². The molecule has 0 aliphatic carbocycles. The lowest BCUT2D eigenvalue weighted by atomic mass is 10.2. The van der Waals surface area contributed by atoms with Crippen LogP contribution in [0.4, 0.5) is 0 Å². The van der Waals surface area contributed by atoms with Crippen molar-refractivity contribution >= 4 is 10.0 Å². The van der Waals surface area contributed by atoms with E-state index in [1.54, 1.807) is 30.1 Å². The molecule has 3 aromatic rings. The smallest absolute Gasteiger partial charge is 0.240 e. The van der Waals surface area contributed by atoms with Crippen LogP contribution in [0.1, 0.15) is 11.1 Å². The summed E-state index contributed by atoms with van der Waals surface area (Å²) in [7, 11) is -2.04. The first-order valence-electron chi connectivity index (χ1n) is 8.80. The quantitative estimate of drug-likeness (QED) is 0.558. The zero-order chi connectivity index (χ0) is 20.0. The molecular formula is C20H23N3O4S. The van der Waals surface area contributed by atoms with Crippen molar-refractivity contribution in [2.45, 2.75) is 18.4 Å². The van der Waals surface area contributed by atoms with Gasteiger partial charge in [0.25, 0.3) is 0 Å². The number of hydrogen-bond acceptors (Lipinski definition) is 5. The highest BCUT2D eigenvalue weighted by atomic mass is 32.2. The van der Waals surface area contributed by atoms with Gasteiger partial charge in [-0.15, -0.1) is 0 Å². The summed E-state index contributed by atoms with van der Waals surface area (Å²) in [6.07, 6.45) is 3.53. The number of rotatable bonds is 9. The predicted molar refractivity (Wildman–Crippen MR) is 106 cm³/mol. The molecule has 0 saturated carbocycles. The van der Waals surface area contributed by atoms with E-state index in [-0.39, 0.29) is 11.4 Å². The van der Waals surface area contributed by atoms with Gasteiger partial charge in [-0.1, -0.05) is 12.1 Å². The Kier molecular flexibility index (Phi) is 6.45. The minimum atomic E-state index is -3.64. The third-order valence-corrected chi connectivity index (χ3v) is 5.55. The summed E-state index contributed by atoms with van der Waals surface area (Å²) in [4.78, 5) is 0.201. The lowest BCUT2D eigenvalue weighted by molar-refractivity contribution is 0.146. The van der Waals surface area contributed by atoms with Crippen molar-refractivity contribution in [3.05, 3.63) is 72.1 Å². The van der Waals surface area contributed by atoms with Crippen molar-refractivity contribution < 1.29 is 17.9 Å². The van der Waals surface area contributed by atoms with Crippen LogP contribution in [-0.2, 0) is 21.3 Å². The summed E-state index contributed by atoms with van der Waals surface area (Å²) < 4.78 is 40.2. The lowest BCUT2D eigenvalue weighted by Gasteiger charge is -2.12. The van der Waals surface area contributed by atoms with E-state index in [2.05, 4.69) is 9.82 Å².